The second-order valence-electron chi connectivity index (χ2n) is 5.16. The van der Waals surface area contributed by atoms with Crippen molar-refractivity contribution in [1.29, 1.82) is 0 Å². The van der Waals surface area contributed by atoms with Crippen LogP contribution in [0.25, 0.3) is 5.69 Å². The molecule has 1 aromatic carbocycles. The van der Waals surface area contributed by atoms with Crippen molar-refractivity contribution < 1.29 is 14.3 Å². The Labute approximate surface area is 129 Å². The molecule has 0 spiro atoms. The maximum Gasteiger partial charge on any atom is 0.342 e. The van der Waals surface area contributed by atoms with Crippen LogP contribution in [0.4, 0.5) is 0 Å². The molecule has 0 aliphatic carbocycles. The van der Waals surface area contributed by atoms with Crippen molar-refractivity contribution in [1.82, 2.24) is 14.7 Å². The molecule has 6 nitrogen and oxygen atoms in total. The molecule has 1 aromatic heterocycles. The molecule has 116 valence electrons. The van der Waals surface area contributed by atoms with Crippen LogP contribution >= 0.6 is 0 Å². The Kier molecular flexibility index (Phi) is 4.60. The van der Waals surface area contributed by atoms with Crippen LogP contribution in [0.15, 0.2) is 30.3 Å². The third-order valence-electron chi connectivity index (χ3n) is 3.32. The van der Waals surface area contributed by atoms with E-state index in [0.29, 0.717) is 17.0 Å². The Bertz CT molecular complexity index is 690. The van der Waals surface area contributed by atoms with Crippen LogP contribution in [0.5, 0.6) is 0 Å². The molecule has 0 unspecified atom stereocenters. The Morgan fingerprint density at radius 3 is 2.41 bits per heavy atom. The van der Waals surface area contributed by atoms with Gasteiger partial charge in [-0.2, -0.15) is 5.10 Å². The lowest BCUT2D eigenvalue weighted by atomic mass is 10.2. The predicted octanol–water partition coefficient (Wildman–Crippen LogP) is 1.73. The lowest BCUT2D eigenvalue weighted by Gasteiger charge is -2.10. The van der Waals surface area contributed by atoms with Gasteiger partial charge in [0, 0.05) is 14.1 Å². The molecule has 22 heavy (non-hydrogen) atoms. The van der Waals surface area contributed by atoms with Gasteiger partial charge in [0.1, 0.15) is 5.56 Å². The fourth-order valence-corrected chi connectivity index (χ4v) is 2.09. The van der Waals surface area contributed by atoms with Crippen molar-refractivity contribution in [2.24, 2.45) is 0 Å². The van der Waals surface area contributed by atoms with E-state index in [1.807, 2.05) is 30.3 Å². The Morgan fingerprint density at radius 1 is 1.18 bits per heavy atom. The maximum absolute atomic E-state index is 12.2. The van der Waals surface area contributed by atoms with Crippen LogP contribution in [-0.2, 0) is 9.53 Å². The molecule has 2 aromatic rings. The first-order valence-corrected chi connectivity index (χ1v) is 6.90. The smallest absolute Gasteiger partial charge is 0.342 e. The highest BCUT2D eigenvalue weighted by Gasteiger charge is 2.21. The number of esters is 1. The molecule has 0 N–H and O–H groups in total. The van der Waals surface area contributed by atoms with Gasteiger partial charge in [-0.25, -0.2) is 9.48 Å². The van der Waals surface area contributed by atoms with Gasteiger partial charge in [-0.3, -0.25) is 4.79 Å². The minimum Gasteiger partial charge on any atom is -0.452 e. The predicted molar refractivity (Wildman–Crippen MR) is 82.0 cm³/mol. The van der Waals surface area contributed by atoms with Crippen LogP contribution < -0.4 is 0 Å². The summed E-state index contributed by atoms with van der Waals surface area (Å²) in [7, 11) is 3.22. The molecule has 0 saturated carbocycles. The topological polar surface area (TPSA) is 64.4 Å². The zero-order chi connectivity index (χ0) is 16.3. The van der Waals surface area contributed by atoms with Gasteiger partial charge in [0.25, 0.3) is 5.91 Å². The molecule has 0 bridgehead atoms. The number of carbonyl (C=O) groups excluding carboxylic acids is 2. The van der Waals surface area contributed by atoms with Crippen LogP contribution in [0, 0.1) is 13.8 Å². The van der Waals surface area contributed by atoms with E-state index in [2.05, 4.69) is 5.10 Å². The van der Waals surface area contributed by atoms with Crippen molar-refractivity contribution in [3.63, 3.8) is 0 Å². The second-order valence-corrected chi connectivity index (χ2v) is 5.16. The fraction of sp³-hybridized carbons (Fsp3) is 0.312. The molecule has 6 heteroatoms. The van der Waals surface area contributed by atoms with Gasteiger partial charge in [0.15, 0.2) is 6.61 Å². The van der Waals surface area contributed by atoms with E-state index in [0.717, 1.165) is 5.69 Å². The first-order valence-electron chi connectivity index (χ1n) is 6.90. The highest BCUT2D eigenvalue weighted by Crippen LogP contribution is 2.18. The molecule has 0 fully saturated rings. The number of aromatic nitrogens is 2. The van der Waals surface area contributed by atoms with Crippen molar-refractivity contribution >= 4 is 11.9 Å². The van der Waals surface area contributed by atoms with Gasteiger partial charge in [0.2, 0.25) is 0 Å². The zero-order valence-corrected chi connectivity index (χ0v) is 13.2. The number of para-hydroxylation sites is 1. The van der Waals surface area contributed by atoms with Crippen LogP contribution in [0.3, 0.4) is 0 Å². The number of rotatable bonds is 4. The largest absolute Gasteiger partial charge is 0.452 e. The van der Waals surface area contributed by atoms with Gasteiger partial charge in [0.05, 0.1) is 17.1 Å². The Hall–Kier alpha value is -2.63. The number of nitrogens with zero attached hydrogens (tertiary/aromatic N) is 3. The molecule has 1 amide bonds. The molecule has 2 rings (SSSR count). The molecular weight excluding hydrogens is 282 g/mol. The standard InChI is InChI=1S/C16H19N3O3/c1-11-15(16(21)22-10-14(20)18(3)4)12(2)19(17-11)13-8-6-5-7-9-13/h5-9H,10H2,1-4H3. The summed E-state index contributed by atoms with van der Waals surface area (Å²) in [5, 5.41) is 4.38. The number of hydrogen-bond acceptors (Lipinski definition) is 4. The fourth-order valence-electron chi connectivity index (χ4n) is 2.09. The zero-order valence-electron chi connectivity index (χ0n) is 13.2. The molecule has 0 atom stereocenters. The highest BCUT2D eigenvalue weighted by atomic mass is 16.5. The average molecular weight is 301 g/mol. The minimum absolute atomic E-state index is 0.265. The molecule has 0 aliphatic heterocycles. The summed E-state index contributed by atoms with van der Waals surface area (Å²) in [4.78, 5) is 25.1. The van der Waals surface area contributed by atoms with E-state index in [4.69, 9.17) is 4.74 Å². The number of amides is 1. The van der Waals surface area contributed by atoms with Crippen LogP contribution in [0.2, 0.25) is 0 Å². The number of likely N-dealkylation sites (N-methyl/N-ethyl adjacent to an activating group) is 1. The summed E-state index contributed by atoms with van der Waals surface area (Å²) in [5.74, 6) is -0.800. The van der Waals surface area contributed by atoms with E-state index < -0.39 is 5.97 Å². The van der Waals surface area contributed by atoms with Crippen LogP contribution in [0.1, 0.15) is 21.7 Å². The highest BCUT2D eigenvalue weighted by molar-refractivity contribution is 5.93. The molecule has 0 radical (unpaired) electrons. The molecular formula is C16H19N3O3. The minimum atomic E-state index is -0.535. The van der Waals surface area contributed by atoms with Crippen molar-refractivity contribution in [3.05, 3.63) is 47.3 Å². The first kappa shape index (κ1) is 15.8. The lowest BCUT2D eigenvalue weighted by Crippen LogP contribution is -2.27. The van der Waals surface area contributed by atoms with Gasteiger partial charge >= 0.3 is 5.97 Å². The van der Waals surface area contributed by atoms with Crippen molar-refractivity contribution in [2.45, 2.75) is 13.8 Å². The summed E-state index contributed by atoms with van der Waals surface area (Å²) in [6, 6.07) is 9.53. The summed E-state index contributed by atoms with van der Waals surface area (Å²) in [6.45, 7) is 3.27. The summed E-state index contributed by atoms with van der Waals surface area (Å²) < 4.78 is 6.77. The molecule has 0 aliphatic rings. The van der Waals surface area contributed by atoms with Crippen molar-refractivity contribution in [3.8, 4) is 5.69 Å². The maximum atomic E-state index is 12.2. The van der Waals surface area contributed by atoms with E-state index in [-0.39, 0.29) is 12.5 Å². The number of carbonyl (C=O) groups is 2. The molecule has 1 heterocycles. The first-order chi connectivity index (χ1) is 10.4. The summed E-state index contributed by atoms with van der Waals surface area (Å²) in [6.07, 6.45) is 0. The van der Waals surface area contributed by atoms with Crippen molar-refractivity contribution in [2.75, 3.05) is 20.7 Å². The van der Waals surface area contributed by atoms with E-state index in [9.17, 15) is 9.59 Å². The number of hydrogen-bond donors (Lipinski definition) is 0. The Morgan fingerprint density at radius 2 is 1.82 bits per heavy atom. The van der Waals surface area contributed by atoms with Gasteiger partial charge < -0.3 is 9.64 Å². The number of ether oxygens (including phenoxy) is 1. The normalized spacial score (nSPS) is 10.4. The van der Waals surface area contributed by atoms with Gasteiger partial charge in [-0.05, 0) is 26.0 Å². The average Bonchev–Trinajstić information content (AvgIpc) is 2.80. The Balaban J connectivity index is 2.24. The quantitative estimate of drug-likeness (QED) is 0.807. The summed E-state index contributed by atoms with van der Waals surface area (Å²) >= 11 is 0. The molecule has 0 saturated heterocycles. The van der Waals surface area contributed by atoms with Gasteiger partial charge in [-0.15, -0.1) is 0 Å². The van der Waals surface area contributed by atoms with Crippen LogP contribution in [-0.4, -0.2) is 47.3 Å². The third kappa shape index (κ3) is 3.16. The lowest BCUT2D eigenvalue weighted by molar-refractivity contribution is -0.131. The number of benzene rings is 1. The SMILES string of the molecule is Cc1nn(-c2ccccc2)c(C)c1C(=O)OCC(=O)N(C)C. The van der Waals surface area contributed by atoms with E-state index >= 15 is 0 Å². The number of aryl methyl sites for hydroxylation is 1. The monoisotopic (exact) mass is 301 g/mol. The van der Waals surface area contributed by atoms with E-state index in [1.54, 1.807) is 32.6 Å². The van der Waals surface area contributed by atoms with E-state index in [1.165, 1.54) is 4.90 Å². The second kappa shape index (κ2) is 6.43. The van der Waals surface area contributed by atoms with Gasteiger partial charge in [-0.1, -0.05) is 18.2 Å². The third-order valence-corrected chi connectivity index (χ3v) is 3.32. The summed E-state index contributed by atoms with van der Waals surface area (Å²) in [5.41, 5.74) is 2.52.